The molecule has 0 unspecified atom stereocenters. The summed E-state index contributed by atoms with van der Waals surface area (Å²) in [6, 6.07) is 42.6. The monoisotopic (exact) mass is 1390 g/mol. The zero-order valence-corrected chi connectivity index (χ0v) is 60.0. The van der Waals surface area contributed by atoms with E-state index in [2.05, 4.69) is 158 Å². The topological polar surface area (TPSA) is 166 Å². The summed E-state index contributed by atoms with van der Waals surface area (Å²) in [5, 5.41) is 18.8. The van der Waals surface area contributed by atoms with Crippen LogP contribution in [0.3, 0.4) is 0 Å². The fraction of sp³-hybridized carbons (Fsp3) is 0.188. The van der Waals surface area contributed by atoms with Gasteiger partial charge >= 0.3 is 0 Å². The van der Waals surface area contributed by atoms with Gasteiger partial charge in [-0.2, -0.15) is 15.3 Å². The lowest BCUT2D eigenvalue weighted by molar-refractivity contribution is 0.573. The second kappa shape index (κ2) is 32.4. The van der Waals surface area contributed by atoms with Gasteiger partial charge in [-0.1, -0.05) is 59.2 Å². The molecule has 0 bridgehead atoms. The van der Waals surface area contributed by atoms with E-state index in [0.29, 0.717) is 49.6 Å². The van der Waals surface area contributed by atoms with E-state index in [4.69, 9.17) is 0 Å². The van der Waals surface area contributed by atoms with E-state index >= 15 is 0 Å². The number of fused-ring (bicyclic) bond motifs is 9. The number of nitrogens with zero attached hydrogens (tertiary/aromatic N) is 16. The SMILES string of the molecule is Cc1c(F)cc2c(cnn2C)c1F.Cc1c(F)cc2ncn(C)c2c1F.Cc1cc2c(cc1F)ncn2C.Cc1ccc2[nH]ncc2c1.Cc1ccc2c(cnn2C)c1.Cc1ccc2ncccc2c1.Cc1ccc2nccn2c1.Cc1ccc2ncn(C)c2c1.Cc1ccc2ncn(C)c2c1F. The van der Waals surface area contributed by atoms with E-state index in [-0.39, 0.29) is 22.8 Å². The van der Waals surface area contributed by atoms with E-state index in [1.54, 1.807) is 70.5 Å². The van der Waals surface area contributed by atoms with Gasteiger partial charge in [-0.25, -0.2) is 51.3 Å². The van der Waals surface area contributed by atoms with Crippen LogP contribution in [0.5, 0.6) is 0 Å². The van der Waals surface area contributed by atoms with Crippen LogP contribution in [0.4, 0.5) is 26.3 Å². The van der Waals surface area contributed by atoms with Crippen molar-refractivity contribution in [2.45, 2.75) is 62.3 Å². The molecule has 0 aliphatic rings. The van der Waals surface area contributed by atoms with Crippen molar-refractivity contribution in [3.8, 4) is 0 Å². The maximum Gasteiger partial charge on any atom is 0.154 e. The van der Waals surface area contributed by atoms with Crippen molar-refractivity contribution in [2.24, 2.45) is 42.3 Å². The number of aryl methyl sites for hydroxylation is 13. The lowest BCUT2D eigenvalue weighted by Gasteiger charge is -2.01. The molecule has 1 N–H and O–H groups in total. The van der Waals surface area contributed by atoms with E-state index in [9.17, 15) is 26.3 Å². The first-order chi connectivity index (χ1) is 49.2. The van der Waals surface area contributed by atoms with E-state index in [1.165, 1.54) is 109 Å². The van der Waals surface area contributed by atoms with E-state index in [1.807, 2.05) is 107 Å². The van der Waals surface area contributed by atoms with Gasteiger partial charge in [0.1, 0.15) is 39.9 Å². The van der Waals surface area contributed by atoms with Crippen LogP contribution in [-0.4, -0.2) is 82.3 Å². The van der Waals surface area contributed by atoms with Crippen LogP contribution in [0, 0.1) is 97.2 Å². The standard InChI is InChI=1S/C10H9N.2C9H8F2N2.2C9H9FN2.2C9H10N2.2C8H8N2/c1-8-4-5-10-9(7-8)3-2-6-11-10;1-5-7(10)3-8-6(9(5)11)4-12-13(8)2;1-5-6(10)3-7-9(8(5)11)13(2)4-12-7;1-6-3-9-8(4-7(6)10)11-5-12(9)2;1-6-3-4-7-9(8(6)10)12(2)5-11-7;1-7-3-4-9-8(5-7)6-10-11(9)2;1-7-3-4-8-9(5-7)11(2)6-10-8;1-6-2-3-8-7(4-6)5-9-10-8;1-7-2-3-8-9-4-5-10(8)6-7/h2-7H,1H3;2*3-4H,1-2H3;2*3-5H,1-2H3;2*3-6H,1-2H3;2-5H,1H3,(H,9,10);2-6H,1H3. The molecule has 18 rings (SSSR count). The highest BCUT2D eigenvalue weighted by molar-refractivity contribution is 5.83. The van der Waals surface area contributed by atoms with Crippen LogP contribution in [0.15, 0.2) is 202 Å². The molecule has 0 spiro atoms. The van der Waals surface area contributed by atoms with Gasteiger partial charge in [0.05, 0.1) is 104 Å². The van der Waals surface area contributed by atoms with Crippen molar-refractivity contribution in [1.29, 1.82) is 0 Å². The number of hydrogen-bond acceptors (Lipinski definition) is 9. The minimum Gasteiger partial charge on any atom is -0.334 e. The molecule has 0 aliphatic carbocycles. The smallest absolute Gasteiger partial charge is 0.154 e. The molecule has 0 fully saturated rings. The first-order valence-electron chi connectivity index (χ1n) is 32.7. The van der Waals surface area contributed by atoms with Gasteiger partial charge in [-0.05, 0) is 157 Å². The van der Waals surface area contributed by atoms with Crippen molar-refractivity contribution >= 4 is 93.4 Å². The Bertz CT molecular complexity index is 5890. The maximum atomic E-state index is 13.5. The highest BCUT2D eigenvalue weighted by atomic mass is 19.2. The molecular weight excluding hydrogens is 1310 g/mol. The van der Waals surface area contributed by atoms with Crippen LogP contribution in [0.1, 0.15) is 50.1 Å². The third-order valence-corrected chi connectivity index (χ3v) is 17.0. The fourth-order valence-corrected chi connectivity index (χ4v) is 11.0. The summed E-state index contributed by atoms with van der Waals surface area (Å²) >= 11 is 0. The number of aromatic amines is 1. The van der Waals surface area contributed by atoms with Gasteiger partial charge in [0.15, 0.2) is 11.6 Å². The largest absolute Gasteiger partial charge is 0.334 e. The second-order valence-corrected chi connectivity index (χ2v) is 25.1. The van der Waals surface area contributed by atoms with Crippen LogP contribution >= 0.6 is 0 Å². The summed E-state index contributed by atoms with van der Waals surface area (Å²) in [7, 11) is 11.0. The molecular formula is C80H79F6N17. The third kappa shape index (κ3) is 17.5. The molecule has 0 atom stereocenters. The number of hydrogen-bond donors (Lipinski definition) is 1. The van der Waals surface area contributed by atoms with Gasteiger partial charge in [0.25, 0.3) is 0 Å². The Labute approximate surface area is 591 Å². The Morgan fingerprint density at radius 1 is 0.359 bits per heavy atom. The summed E-state index contributed by atoms with van der Waals surface area (Å²) in [5.41, 5.74) is 18.5. The Hall–Kier alpha value is -12.3. The normalized spacial score (nSPS) is 10.8. The van der Waals surface area contributed by atoms with Crippen molar-refractivity contribution < 1.29 is 26.3 Å². The molecule has 0 aliphatic heterocycles. The Kier molecular flexibility index (Phi) is 23.1. The molecule has 23 heteroatoms. The van der Waals surface area contributed by atoms with Crippen molar-refractivity contribution in [3.63, 3.8) is 0 Å². The fourth-order valence-electron chi connectivity index (χ4n) is 11.0. The highest BCUT2D eigenvalue weighted by Crippen LogP contribution is 2.25. The number of aromatic nitrogens is 17. The van der Waals surface area contributed by atoms with Crippen LogP contribution in [0.2, 0.25) is 0 Å². The Balaban J connectivity index is 0.000000125. The van der Waals surface area contributed by atoms with Crippen molar-refractivity contribution in [2.75, 3.05) is 0 Å². The Morgan fingerprint density at radius 2 is 0.903 bits per heavy atom. The van der Waals surface area contributed by atoms with Crippen LogP contribution < -0.4 is 0 Å². The molecule has 10 aromatic heterocycles. The summed E-state index contributed by atoms with van der Waals surface area (Å²) in [6.07, 6.45) is 19.4. The first kappa shape index (κ1) is 73.4. The number of imidazole rings is 5. The summed E-state index contributed by atoms with van der Waals surface area (Å²) in [5.74, 6) is -2.51. The molecule has 8 aromatic carbocycles. The highest BCUT2D eigenvalue weighted by Gasteiger charge is 2.15. The molecule has 18 aromatic rings. The molecule has 0 saturated heterocycles. The molecule has 10 heterocycles. The second-order valence-electron chi connectivity index (χ2n) is 25.1. The van der Waals surface area contributed by atoms with E-state index < -0.39 is 23.3 Å². The number of nitrogens with one attached hydrogen (secondary N) is 1. The molecule has 0 radical (unpaired) electrons. The van der Waals surface area contributed by atoms with Gasteiger partial charge in [-0.15, -0.1) is 0 Å². The Morgan fingerprint density at radius 3 is 1.63 bits per heavy atom. The minimum absolute atomic E-state index is 0.0381. The first-order valence-corrected chi connectivity index (χ1v) is 32.7. The van der Waals surface area contributed by atoms with E-state index in [0.717, 1.165) is 27.7 Å². The van der Waals surface area contributed by atoms with Gasteiger partial charge in [-0.3, -0.25) is 19.4 Å². The average molecular weight is 1390 g/mol. The van der Waals surface area contributed by atoms with Gasteiger partial charge < -0.3 is 22.7 Å². The molecule has 103 heavy (non-hydrogen) atoms. The number of halogens is 6. The summed E-state index contributed by atoms with van der Waals surface area (Å²) in [6.45, 7) is 16.7. The predicted molar refractivity (Wildman–Crippen MR) is 400 cm³/mol. The zero-order chi connectivity index (χ0) is 73.9. The number of rotatable bonds is 0. The molecule has 0 saturated carbocycles. The molecule has 17 nitrogen and oxygen atoms in total. The molecule has 526 valence electrons. The third-order valence-electron chi connectivity index (χ3n) is 17.0. The quantitative estimate of drug-likeness (QED) is 0.145. The predicted octanol–water partition coefficient (Wildman–Crippen LogP) is 18.2. The van der Waals surface area contributed by atoms with Gasteiger partial charge in [0, 0.05) is 113 Å². The minimum atomic E-state index is -0.552. The van der Waals surface area contributed by atoms with Crippen LogP contribution in [-0.2, 0) is 42.3 Å². The lowest BCUT2D eigenvalue weighted by atomic mass is 10.1. The lowest BCUT2D eigenvalue weighted by Crippen LogP contribution is -1.94. The van der Waals surface area contributed by atoms with Crippen molar-refractivity contribution in [1.82, 2.24) is 82.3 Å². The molecule has 0 amide bonds. The average Bonchev–Trinajstić information content (AvgIpc) is 1.70. The van der Waals surface area contributed by atoms with Crippen LogP contribution in [0.25, 0.3) is 93.4 Å². The summed E-state index contributed by atoms with van der Waals surface area (Å²) < 4.78 is 91.9. The summed E-state index contributed by atoms with van der Waals surface area (Å²) in [4.78, 5) is 24.5. The van der Waals surface area contributed by atoms with Gasteiger partial charge in [0.2, 0.25) is 0 Å². The maximum absolute atomic E-state index is 13.5. The number of pyridine rings is 2. The number of H-pyrrole nitrogens is 1. The van der Waals surface area contributed by atoms with Crippen molar-refractivity contribution in [3.05, 3.63) is 287 Å². The zero-order valence-electron chi connectivity index (χ0n) is 60.0. The number of benzene rings is 8.